The number of hydrogen-bond acceptors (Lipinski definition) is 6. The van der Waals surface area contributed by atoms with Gasteiger partial charge in [0.05, 0.1) is 0 Å². The summed E-state index contributed by atoms with van der Waals surface area (Å²) in [6.07, 6.45) is 1.72. The monoisotopic (exact) mass is 270 g/mol. The summed E-state index contributed by atoms with van der Waals surface area (Å²) < 4.78 is 10.3. The van der Waals surface area contributed by atoms with Gasteiger partial charge in [-0.2, -0.15) is 9.97 Å². The number of aryl methyl sites for hydroxylation is 2. The topological polar surface area (TPSA) is 77.8 Å². The number of benzene rings is 1. The highest BCUT2D eigenvalue weighted by molar-refractivity contribution is 5.56. The fraction of sp³-hybridized carbons (Fsp3) is 0.286. The van der Waals surface area contributed by atoms with Crippen molar-refractivity contribution in [3.63, 3.8) is 0 Å². The van der Waals surface area contributed by atoms with E-state index >= 15 is 0 Å². The average molecular weight is 270 g/mol. The molecule has 0 radical (unpaired) electrons. The highest BCUT2D eigenvalue weighted by Crippen LogP contribution is 2.21. The van der Waals surface area contributed by atoms with Gasteiger partial charge >= 0.3 is 11.8 Å². The molecule has 6 nitrogen and oxygen atoms in total. The fourth-order valence-electron chi connectivity index (χ4n) is 1.80. The molecule has 2 aromatic heterocycles. The third kappa shape index (κ3) is 2.45. The summed E-state index contributed by atoms with van der Waals surface area (Å²) in [7, 11) is 0. The molecule has 0 aliphatic carbocycles. The summed E-state index contributed by atoms with van der Waals surface area (Å²) in [5.41, 5.74) is 2.07. The molecule has 0 fully saturated rings. The van der Waals surface area contributed by atoms with E-state index in [9.17, 15) is 0 Å². The quantitative estimate of drug-likeness (QED) is 0.725. The Balaban J connectivity index is 1.87. The molecule has 0 aliphatic heterocycles. The molecular formula is C14H14N4O2. The highest BCUT2D eigenvalue weighted by atomic mass is 16.5. The van der Waals surface area contributed by atoms with Gasteiger partial charge in [-0.3, -0.25) is 0 Å². The number of rotatable bonds is 4. The van der Waals surface area contributed by atoms with Gasteiger partial charge in [0.1, 0.15) is 0 Å². The molecule has 0 atom stereocenters. The Kier molecular flexibility index (Phi) is 3.28. The van der Waals surface area contributed by atoms with Crippen molar-refractivity contribution in [2.24, 2.45) is 0 Å². The fourth-order valence-corrected chi connectivity index (χ4v) is 1.80. The van der Waals surface area contributed by atoms with E-state index < -0.39 is 0 Å². The van der Waals surface area contributed by atoms with Crippen LogP contribution in [-0.2, 0) is 6.42 Å². The maximum atomic E-state index is 5.17. The van der Waals surface area contributed by atoms with Crippen molar-refractivity contribution in [3.05, 3.63) is 35.7 Å². The van der Waals surface area contributed by atoms with Gasteiger partial charge in [-0.05, 0) is 13.3 Å². The van der Waals surface area contributed by atoms with Gasteiger partial charge in [-0.15, -0.1) is 0 Å². The van der Waals surface area contributed by atoms with Gasteiger partial charge in [0.25, 0.3) is 0 Å². The number of hydrogen-bond donors (Lipinski definition) is 0. The van der Waals surface area contributed by atoms with Crippen LogP contribution in [0.15, 0.2) is 33.3 Å². The molecule has 0 N–H and O–H groups in total. The molecule has 0 saturated heterocycles. The van der Waals surface area contributed by atoms with E-state index in [0.29, 0.717) is 11.6 Å². The summed E-state index contributed by atoms with van der Waals surface area (Å²) in [5.74, 6) is 1.67. The summed E-state index contributed by atoms with van der Waals surface area (Å²) in [6, 6.07) is 7.88. The molecule has 0 amide bonds. The lowest BCUT2D eigenvalue weighted by molar-refractivity contribution is 0.379. The van der Waals surface area contributed by atoms with Gasteiger partial charge in [0.2, 0.25) is 5.82 Å². The molecule has 0 saturated carbocycles. The third-order valence-corrected chi connectivity index (χ3v) is 2.86. The molecular weight excluding hydrogens is 256 g/mol. The van der Waals surface area contributed by atoms with Gasteiger partial charge in [0, 0.05) is 12.0 Å². The Morgan fingerprint density at radius 1 is 0.950 bits per heavy atom. The zero-order chi connectivity index (χ0) is 13.9. The molecule has 6 heteroatoms. The van der Waals surface area contributed by atoms with Crippen LogP contribution in [0.4, 0.5) is 0 Å². The first-order valence-electron chi connectivity index (χ1n) is 6.50. The van der Waals surface area contributed by atoms with Crippen LogP contribution in [0.25, 0.3) is 23.2 Å². The van der Waals surface area contributed by atoms with Crippen LogP contribution in [-0.4, -0.2) is 20.3 Å². The molecule has 0 aliphatic rings. The highest BCUT2D eigenvalue weighted by Gasteiger charge is 2.16. The predicted molar refractivity (Wildman–Crippen MR) is 71.8 cm³/mol. The normalized spacial score (nSPS) is 10.9. The summed E-state index contributed by atoms with van der Waals surface area (Å²) in [4.78, 5) is 8.50. The van der Waals surface area contributed by atoms with Crippen molar-refractivity contribution in [3.8, 4) is 23.2 Å². The van der Waals surface area contributed by atoms with Crippen LogP contribution in [0.5, 0.6) is 0 Å². The zero-order valence-electron chi connectivity index (χ0n) is 11.3. The van der Waals surface area contributed by atoms with Crippen molar-refractivity contribution >= 4 is 0 Å². The molecule has 1 aromatic carbocycles. The molecule has 0 unspecified atom stereocenters. The molecule has 3 rings (SSSR count). The Bertz CT molecular complexity index is 700. The van der Waals surface area contributed by atoms with E-state index in [2.05, 4.69) is 27.2 Å². The minimum Gasteiger partial charge on any atom is -0.329 e. The van der Waals surface area contributed by atoms with E-state index in [4.69, 9.17) is 9.05 Å². The van der Waals surface area contributed by atoms with Crippen LogP contribution in [0.2, 0.25) is 0 Å². The number of nitrogens with zero attached hydrogens (tertiary/aromatic N) is 4. The molecule has 2 heterocycles. The first-order valence-corrected chi connectivity index (χ1v) is 6.50. The standard InChI is InChI=1S/C14H14N4O2/c1-3-4-11-15-13(19-17-11)14-16-12(18-20-14)10-7-5-9(2)6-8-10/h5-8H,3-4H2,1-2H3. The van der Waals surface area contributed by atoms with E-state index in [1.54, 1.807) is 0 Å². The van der Waals surface area contributed by atoms with Crippen molar-refractivity contribution in [2.45, 2.75) is 26.7 Å². The average Bonchev–Trinajstić information content (AvgIpc) is 3.08. The first kappa shape index (κ1) is 12.5. The summed E-state index contributed by atoms with van der Waals surface area (Å²) >= 11 is 0. The second-order valence-corrected chi connectivity index (χ2v) is 4.55. The van der Waals surface area contributed by atoms with E-state index in [1.165, 1.54) is 5.56 Å². The first-order chi connectivity index (χ1) is 9.76. The van der Waals surface area contributed by atoms with Crippen molar-refractivity contribution in [1.82, 2.24) is 20.3 Å². The van der Waals surface area contributed by atoms with Gasteiger partial charge < -0.3 is 9.05 Å². The Hall–Kier alpha value is -2.50. The van der Waals surface area contributed by atoms with Gasteiger partial charge in [-0.1, -0.05) is 47.1 Å². The van der Waals surface area contributed by atoms with Crippen molar-refractivity contribution < 1.29 is 9.05 Å². The van der Waals surface area contributed by atoms with E-state index in [1.807, 2.05) is 31.2 Å². The Morgan fingerprint density at radius 3 is 2.40 bits per heavy atom. The van der Waals surface area contributed by atoms with Gasteiger partial charge in [0.15, 0.2) is 5.82 Å². The Morgan fingerprint density at radius 2 is 1.65 bits per heavy atom. The van der Waals surface area contributed by atoms with E-state index in [-0.39, 0.29) is 11.8 Å². The zero-order valence-corrected chi connectivity index (χ0v) is 11.3. The lowest BCUT2D eigenvalue weighted by Gasteiger charge is -1.94. The summed E-state index contributed by atoms with van der Waals surface area (Å²) in [5, 5.41) is 7.80. The van der Waals surface area contributed by atoms with Crippen LogP contribution >= 0.6 is 0 Å². The second kappa shape index (κ2) is 5.24. The third-order valence-electron chi connectivity index (χ3n) is 2.86. The van der Waals surface area contributed by atoms with E-state index in [0.717, 1.165) is 18.4 Å². The molecule has 3 aromatic rings. The van der Waals surface area contributed by atoms with Crippen LogP contribution < -0.4 is 0 Å². The second-order valence-electron chi connectivity index (χ2n) is 4.55. The number of aromatic nitrogens is 4. The minimum atomic E-state index is 0.246. The maximum absolute atomic E-state index is 5.17. The smallest absolute Gasteiger partial charge is 0.316 e. The Labute approximate surface area is 115 Å². The van der Waals surface area contributed by atoms with Crippen LogP contribution in [0, 0.1) is 6.92 Å². The van der Waals surface area contributed by atoms with Gasteiger partial charge in [-0.25, -0.2) is 0 Å². The van der Waals surface area contributed by atoms with Crippen molar-refractivity contribution in [2.75, 3.05) is 0 Å². The minimum absolute atomic E-state index is 0.246. The molecule has 0 bridgehead atoms. The SMILES string of the molecule is CCCc1noc(-c2nc(-c3ccc(C)cc3)no2)n1. The molecule has 102 valence electrons. The van der Waals surface area contributed by atoms with Crippen molar-refractivity contribution in [1.29, 1.82) is 0 Å². The lowest BCUT2D eigenvalue weighted by atomic mass is 10.1. The molecule has 0 spiro atoms. The summed E-state index contributed by atoms with van der Waals surface area (Å²) in [6.45, 7) is 4.08. The molecule has 20 heavy (non-hydrogen) atoms. The predicted octanol–water partition coefficient (Wildman–Crippen LogP) is 3.05. The lowest BCUT2D eigenvalue weighted by Crippen LogP contribution is -1.85. The maximum Gasteiger partial charge on any atom is 0.316 e. The largest absolute Gasteiger partial charge is 0.329 e. The van der Waals surface area contributed by atoms with Crippen LogP contribution in [0.3, 0.4) is 0 Å². The van der Waals surface area contributed by atoms with Crippen LogP contribution in [0.1, 0.15) is 24.7 Å².